The lowest BCUT2D eigenvalue weighted by molar-refractivity contribution is 0.102. The van der Waals surface area contributed by atoms with Crippen LogP contribution < -0.4 is 5.32 Å². The van der Waals surface area contributed by atoms with Gasteiger partial charge in [0.15, 0.2) is 0 Å². The first kappa shape index (κ1) is 25.0. The third-order valence-electron chi connectivity index (χ3n) is 7.06. The average Bonchev–Trinajstić information content (AvgIpc) is 3.29. The van der Waals surface area contributed by atoms with Crippen LogP contribution in [0.4, 0.5) is 5.69 Å². The molecule has 37 heavy (non-hydrogen) atoms. The summed E-state index contributed by atoms with van der Waals surface area (Å²) in [6, 6.07) is 19.2. The van der Waals surface area contributed by atoms with Gasteiger partial charge in [0.25, 0.3) is 5.91 Å². The summed E-state index contributed by atoms with van der Waals surface area (Å²) in [5.41, 5.74) is 5.34. The summed E-state index contributed by atoms with van der Waals surface area (Å²) in [5.74, 6) is 0.623. The van der Waals surface area contributed by atoms with E-state index < -0.39 is 0 Å². The Morgan fingerprint density at radius 3 is 2.46 bits per heavy atom. The lowest BCUT2D eigenvalue weighted by Gasteiger charge is -2.32. The maximum Gasteiger partial charge on any atom is 0.255 e. The molecule has 0 unspecified atom stereocenters. The number of phenolic OH excluding ortho intramolecular Hbond substituents is 1. The molecule has 1 aliphatic heterocycles. The lowest BCUT2D eigenvalue weighted by atomic mass is 9.85. The SMILES string of the molecule is CN1CCN(Cc2ccc(NC(=O)c3ccc4nc(-c5cccc(C(C)(C)C)c5O)[nH]c4c3)cc2)CC1. The van der Waals surface area contributed by atoms with Gasteiger partial charge in [0.1, 0.15) is 11.6 Å². The fourth-order valence-electron chi connectivity index (χ4n) is 4.78. The molecular formula is C30H35N5O2. The first-order chi connectivity index (χ1) is 17.7. The van der Waals surface area contributed by atoms with Crippen molar-refractivity contribution in [3.05, 3.63) is 77.4 Å². The predicted molar refractivity (Wildman–Crippen MR) is 149 cm³/mol. The molecule has 1 aliphatic rings. The van der Waals surface area contributed by atoms with Crippen molar-refractivity contribution in [1.82, 2.24) is 19.8 Å². The Balaban J connectivity index is 1.29. The second-order valence-electron chi connectivity index (χ2n) is 11.0. The summed E-state index contributed by atoms with van der Waals surface area (Å²) in [6.45, 7) is 11.5. The Bertz CT molecular complexity index is 1410. The van der Waals surface area contributed by atoms with Crippen molar-refractivity contribution in [3.63, 3.8) is 0 Å². The van der Waals surface area contributed by atoms with Gasteiger partial charge in [0.05, 0.1) is 16.6 Å². The van der Waals surface area contributed by atoms with Gasteiger partial charge >= 0.3 is 0 Å². The highest BCUT2D eigenvalue weighted by Crippen LogP contribution is 2.37. The zero-order valence-corrected chi connectivity index (χ0v) is 22.0. The third-order valence-corrected chi connectivity index (χ3v) is 7.06. The van der Waals surface area contributed by atoms with Gasteiger partial charge in [-0.05, 0) is 60.0 Å². The smallest absolute Gasteiger partial charge is 0.255 e. The molecule has 1 fully saturated rings. The van der Waals surface area contributed by atoms with Crippen LogP contribution in [-0.4, -0.2) is 64.0 Å². The molecule has 0 aliphatic carbocycles. The van der Waals surface area contributed by atoms with Crippen LogP contribution >= 0.6 is 0 Å². The van der Waals surface area contributed by atoms with Crippen LogP contribution in [0.2, 0.25) is 0 Å². The summed E-state index contributed by atoms with van der Waals surface area (Å²) in [4.78, 5) is 25.7. The van der Waals surface area contributed by atoms with Crippen molar-refractivity contribution >= 4 is 22.6 Å². The molecule has 5 rings (SSSR count). The summed E-state index contributed by atoms with van der Waals surface area (Å²) in [7, 11) is 2.16. The second-order valence-corrected chi connectivity index (χ2v) is 11.0. The first-order valence-electron chi connectivity index (χ1n) is 12.8. The number of anilines is 1. The molecule has 0 spiro atoms. The van der Waals surface area contributed by atoms with E-state index in [4.69, 9.17) is 0 Å². The van der Waals surface area contributed by atoms with Crippen LogP contribution in [0.15, 0.2) is 60.7 Å². The average molecular weight is 498 g/mol. The molecule has 0 saturated carbocycles. The van der Waals surface area contributed by atoms with Gasteiger partial charge in [-0.15, -0.1) is 0 Å². The fourth-order valence-corrected chi connectivity index (χ4v) is 4.78. The summed E-state index contributed by atoms with van der Waals surface area (Å²) < 4.78 is 0. The minimum absolute atomic E-state index is 0.178. The number of benzene rings is 3. The van der Waals surface area contributed by atoms with Gasteiger partial charge in [0, 0.05) is 44.0 Å². The Hall–Kier alpha value is -3.68. The second kappa shape index (κ2) is 10.00. The van der Waals surface area contributed by atoms with Crippen LogP contribution in [0.1, 0.15) is 42.3 Å². The van der Waals surface area contributed by atoms with Crippen molar-refractivity contribution in [2.45, 2.75) is 32.7 Å². The highest BCUT2D eigenvalue weighted by atomic mass is 16.3. The number of aromatic amines is 1. The number of carbonyl (C=O) groups excluding carboxylic acids is 1. The van der Waals surface area contributed by atoms with E-state index in [1.54, 1.807) is 12.1 Å². The van der Waals surface area contributed by atoms with Crippen molar-refractivity contribution in [2.24, 2.45) is 0 Å². The van der Waals surface area contributed by atoms with Gasteiger partial charge in [0.2, 0.25) is 0 Å². The largest absolute Gasteiger partial charge is 0.507 e. The molecule has 4 aromatic rings. The lowest BCUT2D eigenvalue weighted by Crippen LogP contribution is -2.43. The number of phenols is 1. The van der Waals surface area contributed by atoms with Crippen molar-refractivity contribution in [2.75, 3.05) is 38.5 Å². The molecule has 0 bridgehead atoms. The van der Waals surface area contributed by atoms with E-state index in [9.17, 15) is 9.90 Å². The summed E-state index contributed by atoms with van der Waals surface area (Å²) >= 11 is 0. The van der Waals surface area contributed by atoms with Crippen molar-refractivity contribution in [3.8, 4) is 17.1 Å². The molecule has 192 valence electrons. The third kappa shape index (κ3) is 5.53. The first-order valence-corrected chi connectivity index (χ1v) is 12.8. The molecule has 0 atom stereocenters. The number of carbonyl (C=O) groups is 1. The van der Waals surface area contributed by atoms with E-state index in [1.165, 1.54) is 5.56 Å². The van der Waals surface area contributed by atoms with Crippen LogP contribution in [0.5, 0.6) is 5.75 Å². The number of fused-ring (bicyclic) bond motifs is 1. The van der Waals surface area contributed by atoms with Crippen molar-refractivity contribution < 1.29 is 9.90 Å². The van der Waals surface area contributed by atoms with E-state index in [0.717, 1.165) is 55.0 Å². The molecule has 0 radical (unpaired) electrons. The summed E-state index contributed by atoms with van der Waals surface area (Å²) in [6.07, 6.45) is 0. The number of hydrogen-bond acceptors (Lipinski definition) is 5. The van der Waals surface area contributed by atoms with Gasteiger partial charge in [-0.3, -0.25) is 9.69 Å². The maximum absolute atomic E-state index is 13.0. The van der Waals surface area contributed by atoms with E-state index in [1.807, 2.05) is 36.4 Å². The maximum atomic E-state index is 13.0. The quantitative estimate of drug-likeness (QED) is 0.352. The number of nitrogens with zero attached hydrogens (tertiary/aromatic N) is 3. The van der Waals surface area contributed by atoms with Crippen LogP contribution in [-0.2, 0) is 12.0 Å². The van der Waals surface area contributed by atoms with Crippen LogP contribution in [0, 0.1) is 0 Å². The zero-order valence-electron chi connectivity index (χ0n) is 22.0. The molecule has 1 aromatic heterocycles. The number of likely N-dealkylation sites (N-methyl/N-ethyl adjacent to an activating group) is 1. The number of rotatable bonds is 5. The molecular weight excluding hydrogens is 462 g/mol. The summed E-state index contributed by atoms with van der Waals surface area (Å²) in [5, 5.41) is 13.9. The fraction of sp³-hybridized carbons (Fsp3) is 0.333. The van der Waals surface area contributed by atoms with Crippen LogP contribution in [0.3, 0.4) is 0 Å². The molecule has 3 aromatic carbocycles. The Morgan fingerprint density at radius 1 is 1.03 bits per heavy atom. The van der Waals surface area contributed by atoms with Crippen molar-refractivity contribution in [1.29, 1.82) is 0 Å². The standard InChI is InChI=1S/C30H35N5O2/c1-30(2,3)24-7-5-6-23(27(24)36)28-32-25-13-10-21(18-26(25)33-28)29(37)31-22-11-8-20(9-12-22)19-35-16-14-34(4)15-17-35/h5-13,18,36H,14-17,19H2,1-4H3,(H,31,37)(H,32,33). The Labute approximate surface area is 218 Å². The van der Waals surface area contributed by atoms with Gasteiger partial charge in [-0.2, -0.15) is 0 Å². The van der Waals surface area contributed by atoms with Crippen LogP contribution in [0.25, 0.3) is 22.4 Å². The van der Waals surface area contributed by atoms with E-state index >= 15 is 0 Å². The zero-order chi connectivity index (χ0) is 26.2. The topological polar surface area (TPSA) is 84.5 Å². The molecule has 2 heterocycles. The number of nitrogens with one attached hydrogen (secondary N) is 2. The number of aromatic nitrogens is 2. The van der Waals surface area contributed by atoms with E-state index in [0.29, 0.717) is 17.0 Å². The predicted octanol–water partition coefficient (Wildman–Crippen LogP) is 5.23. The highest BCUT2D eigenvalue weighted by Gasteiger charge is 2.22. The monoisotopic (exact) mass is 497 g/mol. The molecule has 3 N–H and O–H groups in total. The number of amides is 1. The minimum Gasteiger partial charge on any atom is -0.507 e. The highest BCUT2D eigenvalue weighted by molar-refractivity contribution is 6.06. The molecule has 7 nitrogen and oxygen atoms in total. The van der Waals surface area contributed by atoms with Gasteiger partial charge in [-0.25, -0.2) is 4.98 Å². The normalized spacial score (nSPS) is 15.2. The minimum atomic E-state index is -0.194. The number of para-hydroxylation sites is 1. The molecule has 1 amide bonds. The number of piperazine rings is 1. The van der Waals surface area contributed by atoms with Gasteiger partial charge < -0.3 is 20.3 Å². The van der Waals surface area contributed by atoms with E-state index in [-0.39, 0.29) is 17.1 Å². The molecule has 7 heteroatoms. The molecule has 1 saturated heterocycles. The number of imidazole rings is 1. The number of hydrogen-bond donors (Lipinski definition) is 3. The number of H-pyrrole nitrogens is 1. The number of aromatic hydroxyl groups is 1. The van der Waals surface area contributed by atoms with E-state index in [2.05, 4.69) is 65.0 Å². The Morgan fingerprint density at radius 2 is 1.76 bits per heavy atom. The Kier molecular flexibility index (Phi) is 6.75. The van der Waals surface area contributed by atoms with Gasteiger partial charge in [-0.1, -0.05) is 45.0 Å².